The minimum absolute atomic E-state index is 0.00528. The molecule has 1 aliphatic rings. The third-order valence-corrected chi connectivity index (χ3v) is 5.09. The second-order valence-corrected chi connectivity index (χ2v) is 6.93. The Morgan fingerprint density at radius 2 is 1.97 bits per heavy atom. The fourth-order valence-corrected chi connectivity index (χ4v) is 3.48. The molecule has 0 aliphatic carbocycles. The minimum atomic E-state index is -0.326. The molecule has 0 radical (unpaired) electrons. The maximum atomic E-state index is 13.0. The molecule has 2 aromatic carbocycles. The Morgan fingerprint density at radius 1 is 1.24 bits per heavy atom. The number of carbonyl (C=O) groups excluding carboxylic acids is 1. The number of para-hydroxylation sites is 1. The van der Waals surface area contributed by atoms with E-state index in [9.17, 15) is 9.18 Å². The molecule has 1 aliphatic heterocycles. The highest BCUT2D eigenvalue weighted by Crippen LogP contribution is 2.24. The van der Waals surface area contributed by atoms with Crippen LogP contribution < -0.4 is 10.2 Å². The molecule has 1 N–H and O–H groups in total. The summed E-state index contributed by atoms with van der Waals surface area (Å²) in [5.41, 5.74) is 1.62. The summed E-state index contributed by atoms with van der Waals surface area (Å²) in [6.07, 6.45) is 5.34. The van der Waals surface area contributed by atoms with Gasteiger partial charge in [0, 0.05) is 18.0 Å². The highest BCUT2D eigenvalue weighted by molar-refractivity contribution is 5.97. The predicted molar refractivity (Wildman–Crippen MR) is 108 cm³/mol. The van der Waals surface area contributed by atoms with Crippen molar-refractivity contribution in [3.8, 4) is 11.9 Å². The van der Waals surface area contributed by atoms with E-state index >= 15 is 0 Å². The van der Waals surface area contributed by atoms with E-state index in [1.807, 2.05) is 24.3 Å². The average molecular weight is 394 g/mol. The number of hydrogen-bond acceptors (Lipinski definition) is 5. The van der Waals surface area contributed by atoms with Crippen molar-refractivity contribution in [2.75, 3.05) is 19.6 Å². The van der Waals surface area contributed by atoms with Gasteiger partial charge in [0.1, 0.15) is 12.2 Å². The van der Waals surface area contributed by atoms with E-state index < -0.39 is 0 Å². The zero-order valence-electron chi connectivity index (χ0n) is 16.1. The van der Waals surface area contributed by atoms with Gasteiger partial charge < -0.3 is 9.74 Å². The number of rotatable bonds is 8. The van der Waals surface area contributed by atoms with Crippen LogP contribution in [0.2, 0.25) is 0 Å². The van der Waals surface area contributed by atoms with Crippen molar-refractivity contribution in [1.82, 2.24) is 10.2 Å². The molecular weight excluding hydrogens is 371 g/mol. The molecule has 0 unspecified atom stereocenters. The monoisotopic (exact) mass is 394 g/mol. The van der Waals surface area contributed by atoms with Crippen LogP contribution in [0.25, 0.3) is 0 Å². The number of nitriles is 1. The molecule has 1 fully saturated rings. The number of nitrogens with zero attached hydrogens (tertiary/aromatic N) is 3. The van der Waals surface area contributed by atoms with E-state index in [0.29, 0.717) is 11.3 Å². The first-order chi connectivity index (χ1) is 14.2. The molecule has 0 atom stereocenters. The van der Waals surface area contributed by atoms with Crippen LogP contribution in [0.5, 0.6) is 5.75 Å². The number of oxime groups is 1. The fraction of sp³-hybridized carbons (Fsp3) is 0.318. The summed E-state index contributed by atoms with van der Waals surface area (Å²) < 4.78 is 13.0. The highest BCUT2D eigenvalue weighted by Gasteiger charge is 2.25. The van der Waals surface area contributed by atoms with Crippen molar-refractivity contribution in [2.45, 2.75) is 19.3 Å². The van der Waals surface area contributed by atoms with Crippen LogP contribution in [0.1, 0.15) is 28.8 Å². The molecule has 0 aromatic heterocycles. The van der Waals surface area contributed by atoms with Gasteiger partial charge in [0.15, 0.2) is 17.7 Å². The first-order valence-electron chi connectivity index (χ1n) is 9.61. The van der Waals surface area contributed by atoms with E-state index in [2.05, 4.69) is 15.4 Å². The molecule has 1 saturated heterocycles. The number of ketones is 1. The van der Waals surface area contributed by atoms with Gasteiger partial charge in [-0.2, -0.15) is 5.26 Å². The molecule has 0 spiro atoms. The normalized spacial score (nSPS) is 15.2. The standard InChI is InChI=1S/C22H23FN4O2/c23-20-7-5-18(6-8-20)22(28)19-10-13-27(14-11-19)12-9-17-3-1-2-4-21(17)29-26-16-25-15-24/h1-8,16,19H,9-14H2,(H,25,26). The third-order valence-electron chi connectivity index (χ3n) is 5.09. The summed E-state index contributed by atoms with van der Waals surface area (Å²) in [5.74, 6) is 0.430. The van der Waals surface area contributed by atoms with E-state index in [4.69, 9.17) is 10.1 Å². The topological polar surface area (TPSA) is 77.7 Å². The SMILES string of the molecule is N#CN/C=N/Oc1ccccc1CCN1CCC(C(=O)c2ccc(F)cc2)CC1. The van der Waals surface area contributed by atoms with Gasteiger partial charge in [-0.3, -0.25) is 10.1 Å². The van der Waals surface area contributed by atoms with Gasteiger partial charge in [-0.25, -0.2) is 4.39 Å². The van der Waals surface area contributed by atoms with Gasteiger partial charge in [-0.05, 0) is 68.2 Å². The van der Waals surface area contributed by atoms with E-state index in [-0.39, 0.29) is 17.5 Å². The Labute approximate surface area is 169 Å². The number of benzene rings is 2. The van der Waals surface area contributed by atoms with Crippen molar-refractivity contribution in [3.63, 3.8) is 0 Å². The lowest BCUT2D eigenvalue weighted by Crippen LogP contribution is -2.37. The van der Waals surface area contributed by atoms with E-state index in [0.717, 1.165) is 44.5 Å². The molecule has 7 heteroatoms. The van der Waals surface area contributed by atoms with Crippen molar-refractivity contribution in [3.05, 3.63) is 65.5 Å². The first-order valence-corrected chi connectivity index (χ1v) is 9.61. The Balaban J connectivity index is 1.48. The van der Waals surface area contributed by atoms with Gasteiger partial charge >= 0.3 is 0 Å². The molecule has 6 nitrogen and oxygen atoms in total. The molecule has 29 heavy (non-hydrogen) atoms. The van der Waals surface area contributed by atoms with Crippen molar-refractivity contribution in [1.29, 1.82) is 5.26 Å². The van der Waals surface area contributed by atoms with Crippen LogP contribution in [0, 0.1) is 23.2 Å². The molecule has 1 heterocycles. The minimum Gasteiger partial charge on any atom is -0.355 e. The summed E-state index contributed by atoms with van der Waals surface area (Å²) in [6, 6.07) is 13.5. The zero-order chi connectivity index (χ0) is 20.5. The van der Waals surface area contributed by atoms with Crippen LogP contribution in [0.15, 0.2) is 53.7 Å². The fourth-order valence-electron chi connectivity index (χ4n) is 3.48. The first kappa shape index (κ1) is 20.5. The Bertz CT molecular complexity index is 884. The maximum Gasteiger partial charge on any atom is 0.182 e. The van der Waals surface area contributed by atoms with Gasteiger partial charge in [0.05, 0.1) is 0 Å². The number of piperidine rings is 1. The van der Waals surface area contributed by atoms with Gasteiger partial charge in [-0.15, -0.1) is 0 Å². The Kier molecular flexibility index (Phi) is 7.31. The summed E-state index contributed by atoms with van der Waals surface area (Å²) in [7, 11) is 0. The lowest BCUT2D eigenvalue weighted by atomic mass is 9.89. The number of likely N-dealkylation sites (tertiary alicyclic amines) is 1. The number of Topliss-reactive ketones (excluding diaryl/α,β-unsaturated/α-hetero) is 1. The van der Waals surface area contributed by atoms with Gasteiger partial charge in [-0.1, -0.05) is 23.4 Å². The maximum absolute atomic E-state index is 13.0. The number of halogens is 1. The number of hydrogen-bond donors (Lipinski definition) is 1. The van der Waals surface area contributed by atoms with E-state index in [1.54, 1.807) is 18.3 Å². The second kappa shape index (κ2) is 10.3. The van der Waals surface area contributed by atoms with Crippen LogP contribution >= 0.6 is 0 Å². The number of carbonyl (C=O) groups is 1. The Hall–Kier alpha value is -3.24. The quantitative estimate of drug-likeness (QED) is 0.186. The zero-order valence-corrected chi connectivity index (χ0v) is 16.1. The summed E-state index contributed by atoms with van der Waals surface area (Å²) in [5, 5.41) is 14.4. The molecule has 0 saturated carbocycles. The van der Waals surface area contributed by atoms with Crippen LogP contribution in [-0.2, 0) is 6.42 Å². The smallest absolute Gasteiger partial charge is 0.182 e. The third kappa shape index (κ3) is 5.87. The van der Waals surface area contributed by atoms with Crippen LogP contribution in [0.3, 0.4) is 0 Å². The van der Waals surface area contributed by atoms with Crippen LogP contribution in [-0.4, -0.2) is 36.7 Å². The lowest BCUT2D eigenvalue weighted by Gasteiger charge is -2.31. The highest BCUT2D eigenvalue weighted by atomic mass is 19.1. The second-order valence-electron chi connectivity index (χ2n) is 6.93. The summed E-state index contributed by atoms with van der Waals surface area (Å²) in [4.78, 5) is 20.3. The van der Waals surface area contributed by atoms with E-state index in [1.165, 1.54) is 18.5 Å². The number of nitrogens with one attached hydrogen (secondary N) is 1. The largest absolute Gasteiger partial charge is 0.355 e. The van der Waals surface area contributed by atoms with Crippen molar-refractivity contribution >= 4 is 12.1 Å². The molecule has 3 rings (SSSR count). The molecule has 2 aromatic rings. The van der Waals surface area contributed by atoms with Gasteiger partial charge in [0.25, 0.3) is 0 Å². The molecule has 150 valence electrons. The molecular formula is C22H23FN4O2. The summed E-state index contributed by atoms with van der Waals surface area (Å²) >= 11 is 0. The average Bonchev–Trinajstić information content (AvgIpc) is 2.76. The molecule has 0 bridgehead atoms. The van der Waals surface area contributed by atoms with Crippen molar-refractivity contribution < 1.29 is 14.0 Å². The van der Waals surface area contributed by atoms with Gasteiger partial charge in [0.2, 0.25) is 0 Å². The van der Waals surface area contributed by atoms with Crippen molar-refractivity contribution in [2.24, 2.45) is 11.1 Å². The summed E-state index contributed by atoms with van der Waals surface area (Å²) in [6.45, 7) is 2.56. The molecule has 0 amide bonds. The predicted octanol–water partition coefficient (Wildman–Crippen LogP) is 3.36. The Morgan fingerprint density at radius 3 is 2.69 bits per heavy atom. The lowest BCUT2D eigenvalue weighted by molar-refractivity contribution is 0.0841. The van der Waals surface area contributed by atoms with Crippen LogP contribution in [0.4, 0.5) is 4.39 Å².